The van der Waals surface area contributed by atoms with E-state index >= 15 is 0 Å². The Balaban J connectivity index is 1.82. The van der Waals surface area contributed by atoms with Crippen LogP contribution in [0.3, 0.4) is 0 Å². The van der Waals surface area contributed by atoms with Crippen molar-refractivity contribution in [1.82, 2.24) is 5.32 Å². The molecule has 2 aliphatic carbocycles. The van der Waals surface area contributed by atoms with Crippen LogP contribution in [0.15, 0.2) is 12.7 Å². The van der Waals surface area contributed by atoms with Crippen molar-refractivity contribution >= 4 is 0 Å². The van der Waals surface area contributed by atoms with Gasteiger partial charge in [0.05, 0.1) is 0 Å². The zero-order valence-corrected chi connectivity index (χ0v) is 10.6. The van der Waals surface area contributed by atoms with Crippen molar-refractivity contribution in [2.75, 3.05) is 0 Å². The summed E-state index contributed by atoms with van der Waals surface area (Å²) in [5, 5.41) is 3.94. The van der Waals surface area contributed by atoms with Gasteiger partial charge in [0.1, 0.15) is 0 Å². The van der Waals surface area contributed by atoms with Gasteiger partial charge in [0.15, 0.2) is 0 Å². The van der Waals surface area contributed by atoms with Gasteiger partial charge in [-0.15, -0.1) is 6.58 Å². The average Bonchev–Trinajstić information content (AvgIpc) is 2.33. The topological polar surface area (TPSA) is 12.0 Å². The van der Waals surface area contributed by atoms with Crippen LogP contribution in [0.2, 0.25) is 0 Å². The molecule has 2 aliphatic rings. The maximum Gasteiger partial charge on any atom is 0.0101 e. The lowest BCUT2D eigenvalue weighted by Gasteiger charge is -2.36. The van der Waals surface area contributed by atoms with E-state index < -0.39 is 0 Å². The molecular weight excluding hydrogens is 194 g/mol. The van der Waals surface area contributed by atoms with E-state index in [2.05, 4.69) is 18.0 Å². The molecule has 0 heterocycles. The summed E-state index contributed by atoms with van der Waals surface area (Å²) in [4.78, 5) is 0. The largest absolute Gasteiger partial charge is 0.311 e. The van der Waals surface area contributed by atoms with Crippen LogP contribution in [-0.4, -0.2) is 12.1 Å². The monoisotopic (exact) mass is 221 g/mol. The fourth-order valence-electron chi connectivity index (χ4n) is 3.50. The summed E-state index contributed by atoms with van der Waals surface area (Å²) in [6, 6.07) is 1.61. The standard InChI is InChI=1S/C15H27N/c1-2-8-13-9-6-7-12-15(13)16-14-10-4-3-5-11-14/h2,13-16H,1,3-12H2/t13-,15+/m1/s1. The second kappa shape index (κ2) is 6.44. The van der Waals surface area contributed by atoms with Gasteiger partial charge in [-0.3, -0.25) is 0 Å². The molecule has 0 spiro atoms. The van der Waals surface area contributed by atoms with E-state index in [0.29, 0.717) is 0 Å². The van der Waals surface area contributed by atoms with Gasteiger partial charge in [0.25, 0.3) is 0 Å². The molecule has 1 N–H and O–H groups in total. The summed E-state index contributed by atoms with van der Waals surface area (Å²) in [6.45, 7) is 3.91. The molecule has 0 unspecified atom stereocenters. The third-order valence-electron chi connectivity index (χ3n) is 4.43. The number of nitrogens with one attached hydrogen (secondary N) is 1. The van der Waals surface area contributed by atoms with E-state index in [-0.39, 0.29) is 0 Å². The summed E-state index contributed by atoms with van der Waals surface area (Å²) in [7, 11) is 0. The van der Waals surface area contributed by atoms with Crippen molar-refractivity contribution in [2.45, 2.75) is 76.3 Å². The third-order valence-corrected chi connectivity index (χ3v) is 4.43. The maximum atomic E-state index is 3.94. The van der Waals surface area contributed by atoms with Gasteiger partial charge >= 0.3 is 0 Å². The lowest BCUT2D eigenvalue weighted by molar-refractivity contribution is 0.223. The Morgan fingerprint density at radius 3 is 2.38 bits per heavy atom. The SMILES string of the molecule is C=CC[C@@H]1CCCC[C@@H]1NC1CCCCC1. The maximum absolute atomic E-state index is 3.94. The fraction of sp³-hybridized carbons (Fsp3) is 0.867. The Labute approximate surface area is 101 Å². The molecule has 0 radical (unpaired) electrons. The van der Waals surface area contributed by atoms with Gasteiger partial charge in [-0.2, -0.15) is 0 Å². The molecule has 2 rings (SSSR count). The highest BCUT2D eigenvalue weighted by atomic mass is 15.0. The molecule has 0 aliphatic heterocycles. The summed E-state index contributed by atoms with van der Waals surface area (Å²) in [6.07, 6.45) is 16.2. The first kappa shape index (κ1) is 12.2. The molecule has 1 heteroatoms. The molecule has 0 aromatic heterocycles. The summed E-state index contributed by atoms with van der Waals surface area (Å²) >= 11 is 0. The highest BCUT2D eigenvalue weighted by Crippen LogP contribution is 2.29. The molecule has 2 atom stereocenters. The minimum atomic E-state index is 0.787. The zero-order valence-electron chi connectivity index (χ0n) is 10.6. The predicted octanol–water partition coefficient (Wildman–Crippen LogP) is 4.04. The van der Waals surface area contributed by atoms with Crippen LogP contribution in [0.5, 0.6) is 0 Å². The molecule has 0 bridgehead atoms. The molecule has 1 nitrogen and oxygen atoms in total. The first-order valence-corrected chi connectivity index (χ1v) is 7.27. The first-order chi connectivity index (χ1) is 7.90. The molecule has 0 aromatic rings. The summed E-state index contributed by atoms with van der Waals surface area (Å²) in [5.74, 6) is 0.869. The molecule has 0 amide bonds. The van der Waals surface area contributed by atoms with Crippen LogP contribution in [0, 0.1) is 5.92 Å². The lowest BCUT2D eigenvalue weighted by Crippen LogP contribution is -2.45. The van der Waals surface area contributed by atoms with Crippen molar-refractivity contribution in [3.05, 3.63) is 12.7 Å². The van der Waals surface area contributed by atoms with Gasteiger partial charge in [-0.25, -0.2) is 0 Å². The highest BCUT2D eigenvalue weighted by molar-refractivity contribution is 4.88. The van der Waals surface area contributed by atoms with Crippen molar-refractivity contribution in [1.29, 1.82) is 0 Å². The molecular formula is C15H27N. The first-order valence-electron chi connectivity index (χ1n) is 7.27. The third kappa shape index (κ3) is 3.35. The Morgan fingerprint density at radius 2 is 1.62 bits per heavy atom. The van der Waals surface area contributed by atoms with Crippen LogP contribution in [0.1, 0.15) is 64.2 Å². The minimum Gasteiger partial charge on any atom is -0.311 e. The summed E-state index contributed by atoms with van der Waals surface area (Å²) < 4.78 is 0. The average molecular weight is 221 g/mol. The fourth-order valence-corrected chi connectivity index (χ4v) is 3.50. The van der Waals surface area contributed by atoms with E-state index in [1.165, 1.54) is 64.2 Å². The molecule has 0 saturated heterocycles. The van der Waals surface area contributed by atoms with Gasteiger partial charge in [-0.1, -0.05) is 38.2 Å². The zero-order chi connectivity index (χ0) is 11.2. The molecule has 92 valence electrons. The highest BCUT2D eigenvalue weighted by Gasteiger charge is 2.26. The Morgan fingerprint density at radius 1 is 0.938 bits per heavy atom. The Kier molecular flexibility index (Phi) is 4.90. The van der Waals surface area contributed by atoms with Crippen molar-refractivity contribution < 1.29 is 0 Å². The van der Waals surface area contributed by atoms with Crippen molar-refractivity contribution in [2.24, 2.45) is 5.92 Å². The second-order valence-electron chi connectivity index (χ2n) is 5.68. The van der Waals surface area contributed by atoms with Crippen LogP contribution in [-0.2, 0) is 0 Å². The quantitative estimate of drug-likeness (QED) is 0.706. The molecule has 2 saturated carbocycles. The Hall–Kier alpha value is -0.300. The van der Waals surface area contributed by atoms with Gasteiger partial charge in [0, 0.05) is 12.1 Å². The van der Waals surface area contributed by atoms with E-state index in [0.717, 1.165) is 18.0 Å². The van der Waals surface area contributed by atoms with Crippen molar-refractivity contribution in [3.8, 4) is 0 Å². The van der Waals surface area contributed by atoms with Gasteiger partial charge < -0.3 is 5.32 Å². The van der Waals surface area contributed by atoms with E-state index in [1.807, 2.05) is 0 Å². The molecule has 0 aromatic carbocycles. The van der Waals surface area contributed by atoms with Crippen molar-refractivity contribution in [3.63, 3.8) is 0 Å². The number of allylic oxidation sites excluding steroid dienone is 1. The summed E-state index contributed by atoms with van der Waals surface area (Å²) in [5.41, 5.74) is 0. The van der Waals surface area contributed by atoms with E-state index in [9.17, 15) is 0 Å². The van der Waals surface area contributed by atoms with Gasteiger partial charge in [0.2, 0.25) is 0 Å². The van der Waals surface area contributed by atoms with Crippen LogP contribution in [0.25, 0.3) is 0 Å². The lowest BCUT2D eigenvalue weighted by atomic mass is 9.81. The van der Waals surface area contributed by atoms with E-state index in [4.69, 9.17) is 0 Å². The van der Waals surface area contributed by atoms with E-state index in [1.54, 1.807) is 0 Å². The Bertz CT molecular complexity index is 205. The normalized spacial score (nSPS) is 32.5. The number of hydrogen-bond acceptors (Lipinski definition) is 1. The van der Waals surface area contributed by atoms with Crippen LogP contribution in [0.4, 0.5) is 0 Å². The van der Waals surface area contributed by atoms with Gasteiger partial charge in [-0.05, 0) is 38.0 Å². The second-order valence-corrected chi connectivity index (χ2v) is 5.68. The molecule has 16 heavy (non-hydrogen) atoms. The van der Waals surface area contributed by atoms with Crippen LogP contribution >= 0.6 is 0 Å². The predicted molar refractivity (Wildman–Crippen MR) is 70.6 cm³/mol. The smallest absolute Gasteiger partial charge is 0.0101 e. The minimum absolute atomic E-state index is 0.787. The number of rotatable bonds is 4. The van der Waals surface area contributed by atoms with Crippen LogP contribution < -0.4 is 5.32 Å². The molecule has 2 fully saturated rings. The number of hydrogen-bond donors (Lipinski definition) is 1.